The lowest BCUT2D eigenvalue weighted by Gasteiger charge is -2.38. The van der Waals surface area contributed by atoms with Crippen LogP contribution in [0, 0.1) is 19.8 Å². The van der Waals surface area contributed by atoms with E-state index in [0.29, 0.717) is 16.9 Å². The van der Waals surface area contributed by atoms with Gasteiger partial charge in [0, 0.05) is 16.7 Å². The maximum Gasteiger partial charge on any atom is 0.252 e. The van der Waals surface area contributed by atoms with Gasteiger partial charge in [-0.25, -0.2) is 0 Å². The molecule has 3 aromatic carbocycles. The fourth-order valence-corrected chi connectivity index (χ4v) is 4.04. The summed E-state index contributed by atoms with van der Waals surface area (Å²) >= 11 is 0. The molecule has 0 spiro atoms. The molecule has 1 N–H and O–H groups in total. The van der Waals surface area contributed by atoms with E-state index in [2.05, 4.69) is 5.32 Å². The van der Waals surface area contributed by atoms with Crippen molar-refractivity contribution in [1.29, 1.82) is 0 Å². The van der Waals surface area contributed by atoms with Crippen LogP contribution in [0.25, 0.3) is 0 Å². The van der Waals surface area contributed by atoms with Crippen LogP contribution in [0.4, 0.5) is 0 Å². The number of methoxy groups -OCH3 is 1. The number of benzene rings is 3. The van der Waals surface area contributed by atoms with Crippen molar-refractivity contribution in [2.75, 3.05) is 7.11 Å². The summed E-state index contributed by atoms with van der Waals surface area (Å²) in [6.07, 6.45) is 0. The van der Waals surface area contributed by atoms with Crippen molar-refractivity contribution in [1.82, 2.24) is 5.32 Å². The van der Waals surface area contributed by atoms with E-state index in [9.17, 15) is 9.59 Å². The van der Waals surface area contributed by atoms with Gasteiger partial charge in [0.1, 0.15) is 11.3 Å². The number of carbonyl (C=O) groups is 2. The van der Waals surface area contributed by atoms with Gasteiger partial charge in [-0.2, -0.15) is 0 Å². The van der Waals surface area contributed by atoms with Crippen molar-refractivity contribution >= 4 is 11.7 Å². The van der Waals surface area contributed by atoms with Gasteiger partial charge in [0.25, 0.3) is 5.91 Å². The summed E-state index contributed by atoms with van der Waals surface area (Å²) in [5.41, 5.74) is 2.31. The summed E-state index contributed by atoms with van der Waals surface area (Å²) in [6, 6.07) is 22.3. The van der Waals surface area contributed by atoms with E-state index in [1.54, 1.807) is 25.3 Å². The Bertz CT molecular complexity index is 1090. The van der Waals surface area contributed by atoms with E-state index >= 15 is 0 Å². The molecular weight excluding hydrogens is 386 g/mol. The second-order valence-electron chi connectivity index (χ2n) is 8.11. The predicted octanol–water partition coefficient (Wildman–Crippen LogP) is 5.48. The van der Waals surface area contributed by atoms with Gasteiger partial charge in [-0.1, -0.05) is 74.0 Å². The highest BCUT2D eigenvalue weighted by Gasteiger charge is 2.45. The SMILES string of the molecule is COc1cccc(C(=O)NC(C(=O)c2cccc(C)c2)(c2ccccc2)C(C)C)c1C. The van der Waals surface area contributed by atoms with Crippen LogP contribution in [0.15, 0.2) is 72.8 Å². The minimum absolute atomic E-state index is 0.133. The summed E-state index contributed by atoms with van der Waals surface area (Å²) in [4.78, 5) is 27.5. The second-order valence-corrected chi connectivity index (χ2v) is 8.11. The molecule has 1 unspecified atom stereocenters. The number of nitrogens with one attached hydrogen (secondary N) is 1. The van der Waals surface area contributed by atoms with Gasteiger partial charge in [-0.3, -0.25) is 9.59 Å². The standard InChI is InChI=1S/C27H29NO3/c1-18(2)27(22-13-7-6-8-14-22,25(29)21-12-9-11-19(3)17-21)28-26(30)23-15-10-16-24(31-5)20(23)4/h6-18H,1-5H3,(H,28,30). The first-order valence-corrected chi connectivity index (χ1v) is 10.4. The predicted molar refractivity (Wildman–Crippen MR) is 124 cm³/mol. The highest BCUT2D eigenvalue weighted by Crippen LogP contribution is 2.35. The third-order valence-corrected chi connectivity index (χ3v) is 5.79. The van der Waals surface area contributed by atoms with Gasteiger partial charge in [-0.15, -0.1) is 0 Å². The number of amides is 1. The topological polar surface area (TPSA) is 55.4 Å². The third-order valence-electron chi connectivity index (χ3n) is 5.79. The van der Waals surface area contributed by atoms with E-state index < -0.39 is 5.54 Å². The number of Topliss-reactive ketones (excluding diaryl/α,β-unsaturated/α-hetero) is 1. The molecule has 0 fully saturated rings. The summed E-state index contributed by atoms with van der Waals surface area (Å²) in [5, 5.41) is 3.13. The summed E-state index contributed by atoms with van der Waals surface area (Å²) in [6.45, 7) is 7.71. The fourth-order valence-electron chi connectivity index (χ4n) is 4.04. The van der Waals surface area contributed by atoms with Crippen LogP contribution in [-0.4, -0.2) is 18.8 Å². The van der Waals surface area contributed by atoms with E-state index in [1.807, 2.05) is 82.3 Å². The quantitative estimate of drug-likeness (QED) is 0.520. The van der Waals surface area contributed by atoms with Crippen LogP contribution in [-0.2, 0) is 5.54 Å². The Kier molecular flexibility index (Phi) is 6.59. The molecule has 0 aliphatic heterocycles. The Balaban J connectivity index is 2.16. The van der Waals surface area contributed by atoms with Crippen molar-refractivity contribution in [3.63, 3.8) is 0 Å². The van der Waals surface area contributed by atoms with Crippen molar-refractivity contribution in [2.45, 2.75) is 33.2 Å². The molecule has 0 aromatic heterocycles. The molecule has 0 saturated carbocycles. The first-order valence-electron chi connectivity index (χ1n) is 10.4. The van der Waals surface area contributed by atoms with Crippen LogP contribution < -0.4 is 10.1 Å². The Labute approximate surface area is 184 Å². The molecule has 0 heterocycles. The number of hydrogen-bond acceptors (Lipinski definition) is 3. The van der Waals surface area contributed by atoms with Gasteiger partial charge in [-0.05, 0) is 43.5 Å². The summed E-state index contributed by atoms with van der Waals surface area (Å²) < 4.78 is 5.38. The average Bonchev–Trinajstić information content (AvgIpc) is 2.77. The molecule has 0 bridgehead atoms. The summed E-state index contributed by atoms with van der Waals surface area (Å²) in [7, 11) is 1.58. The number of ketones is 1. The first kappa shape index (κ1) is 22.3. The highest BCUT2D eigenvalue weighted by atomic mass is 16.5. The summed E-state index contributed by atoms with van der Waals surface area (Å²) in [5.74, 6) is -0.00782. The van der Waals surface area contributed by atoms with Gasteiger partial charge < -0.3 is 10.1 Å². The number of hydrogen-bond donors (Lipinski definition) is 1. The Morgan fingerprint density at radius 2 is 1.58 bits per heavy atom. The van der Waals surface area contributed by atoms with Crippen molar-refractivity contribution in [3.8, 4) is 5.75 Å². The maximum atomic E-state index is 14.0. The zero-order valence-electron chi connectivity index (χ0n) is 18.7. The van der Waals surface area contributed by atoms with Crippen LogP contribution in [0.5, 0.6) is 5.75 Å². The average molecular weight is 416 g/mol. The second kappa shape index (κ2) is 9.17. The molecule has 4 heteroatoms. The Morgan fingerprint density at radius 1 is 0.903 bits per heavy atom. The zero-order valence-corrected chi connectivity index (χ0v) is 18.7. The Hall–Kier alpha value is -3.40. The minimum atomic E-state index is -1.22. The lowest BCUT2D eigenvalue weighted by molar-refractivity contribution is 0.0700. The van der Waals surface area contributed by atoms with Gasteiger partial charge in [0.05, 0.1) is 7.11 Å². The third kappa shape index (κ3) is 4.24. The number of aryl methyl sites for hydroxylation is 1. The molecule has 3 aromatic rings. The molecule has 0 saturated heterocycles. The van der Waals surface area contributed by atoms with Crippen LogP contribution in [0.1, 0.15) is 51.3 Å². The molecule has 1 amide bonds. The van der Waals surface area contributed by atoms with Crippen molar-refractivity contribution in [3.05, 3.63) is 101 Å². The highest BCUT2D eigenvalue weighted by molar-refractivity contribution is 6.08. The van der Waals surface area contributed by atoms with Gasteiger partial charge >= 0.3 is 0 Å². The largest absolute Gasteiger partial charge is 0.496 e. The molecular formula is C27H29NO3. The first-order chi connectivity index (χ1) is 14.8. The van der Waals surface area contributed by atoms with Crippen LogP contribution in [0.3, 0.4) is 0 Å². The van der Waals surface area contributed by atoms with E-state index in [4.69, 9.17) is 4.74 Å². The lowest BCUT2D eigenvalue weighted by Crippen LogP contribution is -2.55. The van der Waals surface area contributed by atoms with Gasteiger partial charge in [0.2, 0.25) is 0 Å². The molecule has 160 valence electrons. The molecule has 0 radical (unpaired) electrons. The minimum Gasteiger partial charge on any atom is -0.496 e. The monoisotopic (exact) mass is 415 g/mol. The molecule has 0 aliphatic rings. The molecule has 3 rings (SSSR count). The van der Waals surface area contributed by atoms with Crippen molar-refractivity contribution in [2.24, 2.45) is 5.92 Å². The van der Waals surface area contributed by atoms with E-state index in [1.165, 1.54) is 0 Å². The molecule has 1 atom stereocenters. The molecule has 31 heavy (non-hydrogen) atoms. The smallest absolute Gasteiger partial charge is 0.252 e. The fraction of sp³-hybridized carbons (Fsp3) is 0.259. The number of ether oxygens (including phenoxy) is 1. The molecule has 0 aliphatic carbocycles. The lowest BCUT2D eigenvalue weighted by atomic mass is 9.74. The van der Waals surface area contributed by atoms with E-state index in [0.717, 1.165) is 16.7 Å². The van der Waals surface area contributed by atoms with Crippen molar-refractivity contribution < 1.29 is 14.3 Å². The Morgan fingerprint density at radius 3 is 2.19 bits per heavy atom. The van der Waals surface area contributed by atoms with Crippen LogP contribution in [0.2, 0.25) is 0 Å². The van der Waals surface area contributed by atoms with Crippen LogP contribution >= 0.6 is 0 Å². The zero-order chi connectivity index (χ0) is 22.6. The maximum absolute atomic E-state index is 14.0. The molecule has 4 nitrogen and oxygen atoms in total. The normalized spacial score (nSPS) is 12.8. The van der Waals surface area contributed by atoms with Gasteiger partial charge in [0.15, 0.2) is 5.78 Å². The number of carbonyl (C=O) groups excluding carboxylic acids is 2. The van der Waals surface area contributed by atoms with E-state index in [-0.39, 0.29) is 17.6 Å². The number of rotatable bonds is 7.